The molecule has 134 valence electrons. The van der Waals surface area contributed by atoms with Crippen LogP contribution in [-0.2, 0) is 14.8 Å². The zero-order chi connectivity index (χ0) is 18.7. The number of halogens is 1. The van der Waals surface area contributed by atoms with Gasteiger partial charge < -0.3 is 0 Å². The lowest BCUT2D eigenvalue weighted by atomic mass is 10.2. The normalized spacial score (nSPS) is 18.1. The maximum Gasteiger partial charge on any atom is 0.284 e. The third-order valence-electron chi connectivity index (χ3n) is 3.61. The minimum absolute atomic E-state index is 0.0268. The highest BCUT2D eigenvalue weighted by Gasteiger charge is 2.33. The van der Waals surface area contributed by atoms with Crippen LogP contribution in [0.2, 0.25) is 5.02 Å². The highest BCUT2D eigenvalue weighted by Crippen LogP contribution is 2.33. The van der Waals surface area contributed by atoms with Gasteiger partial charge in [0.15, 0.2) is 5.17 Å². The van der Waals surface area contributed by atoms with Crippen LogP contribution in [-0.4, -0.2) is 30.9 Å². The van der Waals surface area contributed by atoms with E-state index in [0.29, 0.717) is 16.5 Å². The number of benzene rings is 2. The lowest BCUT2D eigenvalue weighted by Crippen LogP contribution is -2.29. The first kappa shape index (κ1) is 18.7. The van der Waals surface area contributed by atoms with Crippen molar-refractivity contribution in [1.82, 2.24) is 4.90 Å². The molecule has 0 aromatic heterocycles. The number of nitrogens with zero attached hydrogens (tertiary/aromatic N) is 2. The van der Waals surface area contributed by atoms with Gasteiger partial charge in [0.25, 0.3) is 15.9 Å². The number of thioether (sulfide) groups is 1. The summed E-state index contributed by atoms with van der Waals surface area (Å²) >= 11 is 6.85. The second-order valence-corrected chi connectivity index (χ2v) is 8.42. The molecule has 0 aliphatic carbocycles. The predicted octanol–water partition coefficient (Wildman–Crippen LogP) is 4.02. The number of likely N-dealkylation sites (N-methyl/N-ethyl adjacent to an activating group) is 1. The lowest BCUT2D eigenvalue weighted by Gasteiger charge is -2.11. The molecule has 1 aliphatic heterocycles. The van der Waals surface area contributed by atoms with Gasteiger partial charge in [-0.05, 0) is 54.6 Å². The molecule has 0 bridgehead atoms. The molecule has 26 heavy (non-hydrogen) atoms. The third kappa shape index (κ3) is 4.00. The smallest absolute Gasteiger partial charge is 0.284 e. The number of hydrogen-bond acceptors (Lipinski definition) is 4. The monoisotopic (exact) mass is 406 g/mol. The van der Waals surface area contributed by atoms with Crippen molar-refractivity contribution in [2.24, 2.45) is 4.40 Å². The number of amides is 1. The van der Waals surface area contributed by atoms with E-state index in [1.807, 2.05) is 30.3 Å². The Bertz CT molecular complexity index is 985. The van der Waals surface area contributed by atoms with Gasteiger partial charge in [0, 0.05) is 11.6 Å². The maximum absolute atomic E-state index is 12.6. The molecular weight excluding hydrogens is 392 g/mol. The Labute approximate surface area is 161 Å². The quantitative estimate of drug-likeness (QED) is 0.719. The van der Waals surface area contributed by atoms with Crippen molar-refractivity contribution in [3.8, 4) is 0 Å². The van der Waals surface area contributed by atoms with Crippen molar-refractivity contribution in [1.29, 1.82) is 0 Å². The molecule has 1 heterocycles. The zero-order valence-electron chi connectivity index (χ0n) is 13.8. The number of sulfonamides is 1. The standard InChI is InChI=1S/C18H15ClN2O3S2/c1-2-21-17(22)16(12-13-6-4-3-5-7-13)25-18(21)20-26(23,24)15-10-8-14(19)9-11-15/h3-12H,2H2,1H3. The summed E-state index contributed by atoms with van der Waals surface area (Å²) in [6.45, 7) is 2.10. The summed E-state index contributed by atoms with van der Waals surface area (Å²) in [6, 6.07) is 15.1. The van der Waals surface area contributed by atoms with E-state index in [4.69, 9.17) is 11.6 Å². The predicted molar refractivity (Wildman–Crippen MR) is 105 cm³/mol. The fraction of sp³-hybridized carbons (Fsp3) is 0.111. The van der Waals surface area contributed by atoms with E-state index in [0.717, 1.165) is 17.3 Å². The van der Waals surface area contributed by atoms with E-state index in [-0.39, 0.29) is 16.0 Å². The molecule has 0 unspecified atom stereocenters. The molecule has 3 rings (SSSR count). The molecule has 0 N–H and O–H groups in total. The number of hydrogen-bond donors (Lipinski definition) is 0. The molecule has 5 nitrogen and oxygen atoms in total. The fourth-order valence-corrected chi connectivity index (χ4v) is 4.69. The number of rotatable bonds is 4. The van der Waals surface area contributed by atoms with Crippen LogP contribution in [0.4, 0.5) is 0 Å². The van der Waals surface area contributed by atoms with Gasteiger partial charge in [-0.15, -0.1) is 4.40 Å². The third-order valence-corrected chi connectivity index (χ3v) is 6.27. The molecule has 0 atom stereocenters. The van der Waals surface area contributed by atoms with Crippen LogP contribution in [0, 0.1) is 0 Å². The van der Waals surface area contributed by atoms with Gasteiger partial charge in [0.2, 0.25) is 0 Å². The van der Waals surface area contributed by atoms with E-state index in [1.165, 1.54) is 29.2 Å². The van der Waals surface area contributed by atoms with Crippen molar-refractivity contribution in [2.75, 3.05) is 6.54 Å². The molecule has 0 radical (unpaired) electrons. The Balaban J connectivity index is 1.96. The van der Waals surface area contributed by atoms with Crippen LogP contribution in [0.15, 0.2) is 68.8 Å². The van der Waals surface area contributed by atoms with Crippen LogP contribution in [0.1, 0.15) is 12.5 Å². The number of amidine groups is 1. The molecule has 2 aromatic carbocycles. The topological polar surface area (TPSA) is 66.8 Å². The zero-order valence-corrected chi connectivity index (χ0v) is 16.2. The van der Waals surface area contributed by atoms with Crippen LogP contribution < -0.4 is 0 Å². The maximum atomic E-state index is 12.6. The van der Waals surface area contributed by atoms with Crippen molar-refractivity contribution < 1.29 is 13.2 Å². The first-order chi connectivity index (χ1) is 12.4. The summed E-state index contributed by atoms with van der Waals surface area (Å²) < 4.78 is 28.9. The Kier molecular flexibility index (Phi) is 5.50. The van der Waals surface area contributed by atoms with Gasteiger partial charge >= 0.3 is 0 Å². The Hall–Kier alpha value is -2.09. The molecule has 0 saturated carbocycles. The Morgan fingerprint density at radius 3 is 2.38 bits per heavy atom. The molecule has 1 saturated heterocycles. The average Bonchev–Trinajstić information content (AvgIpc) is 2.90. The first-order valence-electron chi connectivity index (χ1n) is 7.77. The highest BCUT2D eigenvalue weighted by molar-refractivity contribution is 8.19. The molecule has 2 aromatic rings. The summed E-state index contributed by atoms with van der Waals surface area (Å²) in [7, 11) is -3.94. The molecular formula is C18H15ClN2O3S2. The average molecular weight is 407 g/mol. The SMILES string of the molecule is CCN1C(=O)C(=Cc2ccccc2)SC1=NS(=O)(=O)c1ccc(Cl)cc1. The van der Waals surface area contributed by atoms with E-state index in [2.05, 4.69) is 4.40 Å². The van der Waals surface area contributed by atoms with E-state index in [1.54, 1.807) is 13.0 Å². The summed E-state index contributed by atoms with van der Waals surface area (Å²) in [5.74, 6) is -0.258. The van der Waals surface area contributed by atoms with Gasteiger partial charge in [-0.2, -0.15) is 8.42 Å². The van der Waals surface area contributed by atoms with Crippen LogP contribution in [0.25, 0.3) is 6.08 Å². The van der Waals surface area contributed by atoms with Crippen LogP contribution in [0.3, 0.4) is 0 Å². The van der Waals surface area contributed by atoms with Gasteiger partial charge in [-0.25, -0.2) is 0 Å². The van der Waals surface area contributed by atoms with Gasteiger partial charge in [-0.1, -0.05) is 41.9 Å². The number of carbonyl (C=O) groups excluding carboxylic acids is 1. The molecule has 0 spiro atoms. The summed E-state index contributed by atoms with van der Waals surface area (Å²) in [6.07, 6.45) is 1.73. The van der Waals surface area contributed by atoms with Crippen molar-refractivity contribution in [2.45, 2.75) is 11.8 Å². The largest absolute Gasteiger partial charge is 0.286 e. The molecule has 1 aliphatic rings. The van der Waals surface area contributed by atoms with Crippen molar-refractivity contribution in [3.63, 3.8) is 0 Å². The lowest BCUT2D eigenvalue weighted by molar-refractivity contribution is -0.122. The van der Waals surface area contributed by atoms with E-state index in [9.17, 15) is 13.2 Å². The second kappa shape index (κ2) is 7.65. The highest BCUT2D eigenvalue weighted by atomic mass is 35.5. The van der Waals surface area contributed by atoms with Crippen LogP contribution in [0.5, 0.6) is 0 Å². The Morgan fingerprint density at radius 1 is 1.12 bits per heavy atom. The molecule has 8 heteroatoms. The number of carbonyl (C=O) groups is 1. The minimum Gasteiger partial charge on any atom is -0.286 e. The van der Waals surface area contributed by atoms with Crippen LogP contribution >= 0.6 is 23.4 Å². The molecule has 1 fully saturated rings. The van der Waals surface area contributed by atoms with Gasteiger partial charge in [0.1, 0.15) is 0 Å². The molecule has 1 amide bonds. The van der Waals surface area contributed by atoms with Gasteiger partial charge in [-0.3, -0.25) is 9.69 Å². The Morgan fingerprint density at radius 2 is 1.77 bits per heavy atom. The van der Waals surface area contributed by atoms with E-state index < -0.39 is 10.0 Å². The summed E-state index contributed by atoms with van der Waals surface area (Å²) in [4.78, 5) is 14.4. The summed E-state index contributed by atoms with van der Waals surface area (Å²) in [5, 5.41) is 0.583. The van der Waals surface area contributed by atoms with E-state index >= 15 is 0 Å². The summed E-state index contributed by atoms with van der Waals surface area (Å²) in [5.41, 5.74) is 0.862. The minimum atomic E-state index is -3.94. The first-order valence-corrected chi connectivity index (χ1v) is 10.4. The fourth-order valence-electron chi connectivity index (χ4n) is 2.32. The van der Waals surface area contributed by atoms with Crippen molar-refractivity contribution >= 4 is 50.5 Å². The van der Waals surface area contributed by atoms with Crippen molar-refractivity contribution in [3.05, 3.63) is 70.1 Å². The second-order valence-electron chi connectivity index (χ2n) is 5.37. The van der Waals surface area contributed by atoms with Gasteiger partial charge in [0.05, 0.1) is 9.80 Å².